The number of hydrogen-bond donors (Lipinski definition) is 0. The Bertz CT molecular complexity index is 1820. The Morgan fingerprint density at radius 1 is 1.05 bits per heavy atom. The minimum Gasteiger partial charge on any atom is -0.360 e. The second-order valence-electron chi connectivity index (χ2n) is 12.5. The Hall–Kier alpha value is -3.10. The van der Waals surface area contributed by atoms with E-state index in [1.807, 2.05) is 52.0 Å². The zero-order valence-electron chi connectivity index (χ0n) is 25.3. The van der Waals surface area contributed by atoms with Gasteiger partial charge in [-0.3, -0.25) is 4.79 Å². The van der Waals surface area contributed by atoms with Crippen LogP contribution in [0.5, 0.6) is 0 Å². The largest absolute Gasteiger partial charge is 0.360 e. The molecule has 2 aromatic heterocycles. The fourth-order valence-electron chi connectivity index (χ4n) is 6.20. The summed E-state index contributed by atoms with van der Waals surface area (Å²) in [4.78, 5) is 25.5. The highest BCUT2D eigenvalue weighted by molar-refractivity contribution is 7.22. The third kappa shape index (κ3) is 5.39. The van der Waals surface area contributed by atoms with Gasteiger partial charge in [0.15, 0.2) is 5.78 Å². The number of carbonyl (C=O) groups is 1. The molecule has 0 spiro atoms. The van der Waals surface area contributed by atoms with Gasteiger partial charge in [0.1, 0.15) is 16.9 Å². The van der Waals surface area contributed by atoms with Gasteiger partial charge in [-0.1, -0.05) is 23.7 Å². The quantitative estimate of drug-likeness (QED) is 0.195. The van der Waals surface area contributed by atoms with Crippen LogP contribution in [-0.4, -0.2) is 51.0 Å². The molecule has 42 heavy (non-hydrogen) atoms. The van der Waals surface area contributed by atoms with Gasteiger partial charge in [0.05, 0.1) is 26.9 Å². The first-order chi connectivity index (χ1) is 19.9. The number of fused-ring (bicyclic) bond motifs is 2. The molecule has 0 bridgehead atoms. The summed E-state index contributed by atoms with van der Waals surface area (Å²) < 4.78 is 9.84. The SMILES string of the molecule is CC(=O)[C@@H](OC(C)(C)C)c1c(C)cc2nc(-c3ccc4nc(C)n(C5CCN(C)C5)c4c3)sc2c1-c1ccc(Cl)cc1. The number of imidazole rings is 1. The summed E-state index contributed by atoms with van der Waals surface area (Å²) in [5, 5.41) is 1.60. The van der Waals surface area contributed by atoms with E-state index in [-0.39, 0.29) is 5.78 Å². The average molecular weight is 601 g/mol. The van der Waals surface area contributed by atoms with Gasteiger partial charge in [-0.25, -0.2) is 9.97 Å². The molecule has 0 radical (unpaired) electrons. The fourth-order valence-corrected chi connectivity index (χ4v) is 7.45. The van der Waals surface area contributed by atoms with Gasteiger partial charge in [0.2, 0.25) is 0 Å². The molecule has 6 rings (SSSR count). The number of halogens is 1. The number of likely N-dealkylation sites (N-methyl/N-ethyl adjacent to an activating group) is 1. The lowest BCUT2D eigenvalue weighted by Gasteiger charge is -2.29. The highest BCUT2D eigenvalue weighted by atomic mass is 35.5. The van der Waals surface area contributed by atoms with Gasteiger partial charge in [0, 0.05) is 34.3 Å². The molecule has 3 aromatic carbocycles. The van der Waals surface area contributed by atoms with Gasteiger partial charge in [-0.2, -0.15) is 0 Å². The number of ketones is 1. The van der Waals surface area contributed by atoms with Gasteiger partial charge in [-0.15, -0.1) is 11.3 Å². The van der Waals surface area contributed by atoms with Crippen LogP contribution in [0.1, 0.15) is 63.2 Å². The second-order valence-corrected chi connectivity index (χ2v) is 13.9. The first kappa shape index (κ1) is 29.0. The van der Waals surface area contributed by atoms with Crippen molar-refractivity contribution in [1.29, 1.82) is 0 Å². The summed E-state index contributed by atoms with van der Waals surface area (Å²) in [5.41, 5.74) is 7.44. The monoisotopic (exact) mass is 600 g/mol. The number of aromatic nitrogens is 3. The number of aryl methyl sites for hydroxylation is 2. The van der Waals surface area contributed by atoms with Crippen LogP contribution in [0.2, 0.25) is 5.02 Å². The van der Waals surface area contributed by atoms with Crippen molar-refractivity contribution in [3.63, 3.8) is 0 Å². The van der Waals surface area contributed by atoms with Crippen LogP contribution >= 0.6 is 22.9 Å². The van der Waals surface area contributed by atoms with E-state index in [0.717, 1.165) is 79.4 Å². The molecule has 8 heteroatoms. The lowest BCUT2D eigenvalue weighted by atomic mass is 9.90. The lowest BCUT2D eigenvalue weighted by Crippen LogP contribution is -2.27. The fraction of sp³-hybridized carbons (Fsp3) is 0.382. The van der Waals surface area contributed by atoms with E-state index in [1.165, 1.54) is 0 Å². The summed E-state index contributed by atoms with van der Waals surface area (Å²) in [7, 11) is 2.18. The standard InChI is InChI=1S/C34H37ClN4O2S/c1-19-16-27-32(30(22-8-11-24(35)12-9-22)29(19)31(20(2)40)41-34(4,5)6)42-33(37-27)23-10-13-26-28(17-23)39(21(3)36-26)25-14-15-38(7)18-25/h8-13,16-17,25,31H,14-15,18H2,1-7H3/t25?,31-/m1/s1. The maximum Gasteiger partial charge on any atom is 0.163 e. The topological polar surface area (TPSA) is 60.2 Å². The van der Waals surface area contributed by atoms with Gasteiger partial charge in [0.25, 0.3) is 0 Å². The van der Waals surface area contributed by atoms with E-state index in [2.05, 4.69) is 47.7 Å². The predicted octanol–water partition coefficient (Wildman–Crippen LogP) is 8.57. The maximum atomic E-state index is 13.1. The summed E-state index contributed by atoms with van der Waals surface area (Å²) in [6.07, 6.45) is 0.415. The Morgan fingerprint density at radius 3 is 2.40 bits per heavy atom. The number of thiazole rings is 1. The maximum absolute atomic E-state index is 13.1. The zero-order valence-corrected chi connectivity index (χ0v) is 26.9. The van der Waals surface area contributed by atoms with Crippen molar-refractivity contribution < 1.29 is 9.53 Å². The van der Waals surface area contributed by atoms with Crippen LogP contribution in [0.4, 0.5) is 0 Å². The Kier molecular flexibility index (Phi) is 7.50. The van der Waals surface area contributed by atoms with Gasteiger partial charge in [-0.05, 0) is 109 Å². The molecule has 6 nitrogen and oxygen atoms in total. The predicted molar refractivity (Wildman–Crippen MR) is 174 cm³/mol. The molecular formula is C34H37ClN4O2S. The van der Waals surface area contributed by atoms with Crippen LogP contribution in [0.3, 0.4) is 0 Å². The van der Waals surface area contributed by atoms with Crippen LogP contribution in [0, 0.1) is 13.8 Å². The van der Waals surface area contributed by atoms with E-state index in [0.29, 0.717) is 11.1 Å². The first-order valence-corrected chi connectivity index (χ1v) is 15.6. The van der Waals surface area contributed by atoms with Gasteiger partial charge >= 0.3 is 0 Å². The summed E-state index contributed by atoms with van der Waals surface area (Å²) in [6.45, 7) is 13.8. The van der Waals surface area contributed by atoms with E-state index in [4.69, 9.17) is 26.3 Å². The molecule has 218 valence electrons. The number of likely N-dealkylation sites (tertiary alicyclic amines) is 1. The van der Waals surface area contributed by atoms with Crippen LogP contribution < -0.4 is 0 Å². The Labute approximate surface area is 256 Å². The molecule has 1 unspecified atom stereocenters. The normalized spacial score (nSPS) is 17.0. The molecule has 0 aliphatic carbocycles. The number of hydrogen-bond acceptors (Lipinski definition) is 6. The van der Waals surface area contributed by atoms with Crippen LogP contribution in [-0.2, 0) is 9.53 Å². The van der Waals surface area contributed by atoms with Crippen molar-refractivity contribution in [3.8, 4) is 21.7 Å². The molecule has 1 saturated heterocycles. The van der Waals surface area contributed by atoms with Crippen LogP contribution in [0.15, 0.2) is 48.5 Å². The molecule has 1 aliphatic rings. The zero-order chi connectivity index (χ0) is 29.9. The lowest BCUT2D eigenvalue weighted by molar-refractivity contribution is -0.138. The Morgan fingerprint density at radius 2 is 1.76 bits per heavy atom. The van der Waals surface area contributed by atoms with Crippen molar-refractivity contribution in [1.82, 2.24) is 19.4 Å². The molecule has 0 amide bonds. The molecular weight excluding hydrogens is 564 g/mol. The van der Waals surface area contributed by atoms with E-state index >= 15 is 0 Å². The molecule has 1 fully saturated rings. The van der Waals surface area contributed by atoms with Crippen molar-refractivity contribution in [2.75, 3.05) is 20.1 Å². The van der Waals surface area contributed by atoms with Crippen molar-refractivity contribution in [2.24, 2.45) is 0 Å². The molecule has 1 aliphatic heterocycles. The van der Waals surface area contributed by atoms with Crippen LogP contribution in [0.25, 0.3) is 42.9 Å². The van der Waals surface area contributed by atoms with E-state index < -0.39 is 11.7 Å². The smallest absolute Gasteiger partial charge is 0.163 e. The number of ether oxygens (including phenoxy) is 1. The molecule has 2 atom stereocenters. The van der Waals surface area contributed by atoms with Crippen molar-refractivity contribution >= 4 is 50.0 Å². The second kappa shape index (κ2) is 10.9. The van der Waals surface area contributed by atoms with Crippen molar-refractivity contribution in [3.05, 3.63) is 70.5 Å². The molecule has 3 heterocycles. The molecule has 0 saturated carbocycles. The highest BCUT2D eigenvalue weighted by Gasteiger charge is 2.31. The van der Waals surface area contributed by atoms with E-state index in [1.54, 1.807) is 18.3 Å². The number of carbonyl (C=O) groups excluding carboxylic acids is 1. The third-order valence-electron chi connectivity index (χ3n) is 8.01. The number of rotatable bonds is 6. The van der Waals surface area contributed by atoms with E-state index in [9.17, 15) is 4.79 Å². The van der Waals surface area contributed by atoms with Crippen molar-refractivity contribution in [2.45, 2.75) is 65.7 Å². The Balaban J connectivity index is 1.55. The number of benzene rings is 3. The number of nitrogens with zero attached hydrogens (tertiary/aromatic N) is 4. The third-order valence-corrected chi connectivity index (χ3v) is 9.40. The minimum atomic E-state index is -0.705. The summed E-state index contributed by atoms with van der Waals surface area (Å²) in [6, 6.07) is 16.8. The highest BCUT2D eigenvalue weighted by Crippen LogP contribution is 2.45. The minimum absolute atomic E-state index is 0.0287. The molecule has 5 aromatic rings. The van der Waals surface area contributed by atoms with Gasteiger partial charge < -0.3 is 14.2 Å². The summed E-state index contributed by atoms with van der Waals surface area (Å²) >= 11 is 7.94. The summed E-state index contributed by atoms with van der Waals surface area (Å²) in [5.74, 6) is 1.02. The average Bonchev–Trinajstić information content (AvgIpc) is 3.62. The molecule has 0 N–H and O–H groups in total. The first-order valence-electron chi connectivity index (χ1n) is 14.5. The number of Topliss-reactive ketones (excluding diaryl/α,β-unsaturated/α-hetero) is 1.